The molecule has 7 heteroatoms. The van der Waals surface area contributed by atoms with E-state index in [1.807, 2.05) is 6.92 Å². The monoisotopic (exact) mass is 344 g/mol. The van der Waals surface area contributed by atoms with Crippen molar-refractivity contribution in [1.29, 1.82) is 0 Å². The van der Waals surface area contributed by atoms with Crippen molar-refractivity contribution in [2.24, 2.45) is 0 Å². The first-order valence-corrected chi connectivity index (χ1v) is 7.17. The van der Waals surface area contributed by atoms with Crippen molar-refractivity contribution in [3.05, 3.63) is 67.1 Å². The van der Waals surface area contributed by atoms with E-state index in [0.717, 1.165) is 5.56 Å². The molecule has 0 amide bonds. The Hall–Kier alpha value is -1.49. The molecule has 21 heavy (non-hydrogen) atoms. The highest BCUT2D eigenvalue weighted by Crippen LogP contribution is 2.32. The number of hydrogen-bond donors (Lipinski definition) is 1. The Morgan fingerprint density at radius 1 is 1.10 bits per heavy atom. The van der Waals surface area contributed by atoms with Gasteiger partial charge in [-0.05, 0) is 36.8 Å². The molecule has 2 rings (SSSR count). The van der Waals surface area contributed by atoms with Crippen LogP contribution < -0.4 is 5.32 Å². The number of anilines is 1. The van der Waals surface area contributed by atoms with Gasteiger partial charge >= 0.3 is 0 Å². The van der Waals surface area contributed by atoms with Crippen LogP contribution in [0.4, 0.5) is 11.4 Å². The van der Waals surface area contributed by atoms with Crippen LogP contribution in [0.2, 0.25) is 15.1 Å². The van der Waals surface area contributed by atoms with Gasteiger partial charge in [0.25, 0.3) is 5.69 Å². The van der Waals surface area contributed by atoms with Gasteiger partial charge in [-0.3, -0.25) is 10.1 Å². The Kier molecular flexibility index (Phi) is 4.93. The number of hydrogen-bond acceptors (Lipinski definition) is 3. The summed E-state index contributed by atoms with van der Waals surface area (Å²) in [6, 6.07) is 9.29. The standard InChI is InChI=1S/C14H11Cl3N2O2/c1-8(11-6-9(15)2-4-12(11)16)18-14-5-3-10(19(20)21)7-13(14)17/h2-8,18H,1H3. The van der Waals surface area contributed by atoms with E-state index in [1.165, 1.54) is 12.1 Å². The van der Waals surface area contributed by atoms with Crippen molar-refractivity contribution in [2.45, 2.75) is 13.0 Å². The molecule has 0 aliphatic rings. The maximum atomic E-state index is 10.7. The number of benzene rings is 2. The predicted molar refractivity (Wildman–Crippen MR) is 86.6 cm³/mol. The topological polar surface area (TPSA) is 55.2 Å². The molecule has 0 saturated heterocycles. The highest BCUT2D eigenvalue weighted by Gasteiger charge is 2.14. The van der Waals surface area contributed by atoms with Crippen molar-refractivity contribution in [1.82, 2.24) is 0 Å². The lowest BCUT2D eigenvalue weighted by atomic mass is 10.1. The molecule has 0 saturated carbocycles. The molecule has 110 valence electrons. The molecule has 0 spiro atoms. The van der Waals surface area contributed by atoms with Crippen molar-refractivity contribution < 1.29 is 4.92 Å². The Morgan fingerprint density at radius 2 is 1.81 bits per heavy atom. The normalized spacial score (nSPS) is 12.0. The summed E-state index contributed by atoms with van der Waals surface area (Å²) in [5.41, 5.74) is 1.35. The molecule has 0 aliphatic carbocycles. The minimum absolute atomic E-state index is 0.0565. The molecule has 0 radical (unpaired) electrons. The van der Waals surface area contributed by atoms with Gasteiger partial charge in [0, 0.05) is 22.2 Å². The fourth-order valence-corrected chi connectivity index (χ4v) is 2.58. The molecule has 1 atom stereocenters. The van der Waals surface area contributed by atoms with Crippen LogP contribution in [0.1, 0.15) is 18.5 Å². The molecule has 2 aromatic carbocycles. The Bertz CT molecular complexity index is 692. The number of non-ortho nitro benzene ring substituents is 1. The fourth-order valence-electron chi connectivity index (χ4n) is 1.89. The third-order valence-corrected chi connectivity index (χ3v) is 3.85. The lowest BCUT2D eigenvalue weighted by molar-refractivity contribution is -0.384. The zero-order chi connectivity index (χ0) is 15.6. The molecule has 1 unspecified atom stereocenters. The summed E-state index contributed by atoms with van der Waals surface area (Å²) in [6.45, 7) is 1.90. The lowest BCUT2D eigenvalue weighted by Crippen LogP contribution is -2.07. The van der Waals surface area contributed by atoms with Crippen molar-refractivity contribution in [3.8, 4) is 0 Å². The summed E-state index contributed by atoms with van der Waals surface area (Å²) in [7, 11) is 0. The number of nitrogens with one attached hydrogen (secondary N) is 1. The van der Waals surface area contributed by atoms with E-state index in [9.17, 15) is 10.1 Å². The third kappa shape index (κ3) is 3.79. The van der Waals surface area contributed by atoms with Crippen LogP contribution >= 0.6 is 34.8 Å². The minimum atomic E-state index is -0.493. The van der Waals surface area contributed by atoms with E-state index < -0.39 is 4.92 Å². The largest absolute Gasteiger partial charge is 0.377 e. The second kappa shape index (κ2) is 6.52. The molecule has 0 heterocycles. The highest BCUT2D eigenvalue weighted by atomic mass is 35.5. The molecule has 1 N–H and O–H groups in total. The predicted octanol–water partition coefficient (Wildman–Crippen LogP) is 5.73. The summed E-state index contributed by atoms with van der Waals surface area (Å²) in [5, 5.41) is 15.3. The third-order valence-electron chi connectivity index (χ3n) is 2.96. The van der Waals surface area contributed by atoms with E-state index in [0.29, 0.717) is 15.7 Å². The summed E-state index contributed by atoms with van der Waals surface area (Å²) >= 11 is 18.2. The van der Waals surface area contributed by atoms with Gasteiger partial charge in [0.2, 0.25) is 0 Å². The first-order valence-electron chi connectivity index (χ1n) is 6.04. The van der Waals surface area contributed by atoms with Gasteiger partial charge in [-0.15, -0.1) is 0 Å². The number of rotatable bonds is 4. The summed E-state index contributed by atoms with van der Waals surface area (Å²) in [6.07, 6.45) is 0. The first-order chi connectivity index (χ1) is 9.88. The molecular weight excluding hydrogens is 335 g/mol. The SMILES string of the molecule is CC(Nc1ccc([N+](=O)[O-])cc1Cl)c1cc(Cl)ccc1Cl. The number of nitro benzene ring substituents is 1. The zero-order valence-electron chi connectivity index (χ0n) is 10.9. The van der Waals surface area contributed by atoms with Gasteiger partial charge in [0.05, 0.1) is 21.7 Å². The van der Waals surface area contributed by atoms with Crippen LogP contribution in [0.25, 0.3) is 0 Å². The Balaban J connectivity index is 2.25. The van der Waals surface area contributed by atoms with Gasteiger partial charge in [-0.2, -0.15) is 0 Å². The van der Waals surface area contributed by atoms with Gasteiger partial charge in [0.15, 0.2) is 0 Å². The lowest BCUT2D eigenvalue weighted by Gasteiger charge is -2.18. The number of nitro groups is 1. The molecule has 0 fully saturated rings. The van der Waals surface area contributed by atoms with Crippen LogP contribution in [0, 0.1) is 10.1 Å². The van der Waals surface area contributed by atoms with Gasteiger partial charge < -0.3 is 5.32 Å². The highest BCUT2D eigenvalue weighted by molar-refractivity contribution is 6.34. The Morgan fingerprint density at radius 3 is 2.43 bits per heavy atom. The molecule has 4 nitrogen and oxygen atoms in total. The average molecular weight is 346 g/mol. The zero-order valence-corrected chi connectivity index (χ0v) is 13.2. The maximum Gasteiger partial charge on any atom is 0.271 e. The van der Waals surface area contributed by atoms with Crippen LogP contribution in [-0.4, -0.2) is 4.92 Å². The van der Waals surface area contributed by atoms with Crippen LogP contribution in [0.15, 0.2) is 36.4 Å². The maximum absolute atomic E-state index is 10.7. The average Bonchev–Trinajstić information content (AvgIpc) is 2.43. The summed E-state index contributed by atoms with van der Waals surface area (Å²) in [5.74, 6) is 0. The van der Waals surface area contributed by atoms with E-state index in [2.05, 4.69) is 5.32 Å². The van der Waals surface area contributed by atoms with E-state index in [1.54, 1.807) is 24.3 Å². The first kappa shape index (κ1) is 15.9. The Labute approximate surface area is 136 Å². The van der Waals surface area contributed by atoms with Crippen LogP contribution in [-0.2, 0) is 0 Å². The molecular formula is C14H11Cl3N2O2. The van der Waals surface area contributed by atoms with Crippen molar-refractivity contribution in [3.63, 3.8) is 0 Å². The van der Waals surface area contributed by atoms with Gasteiger partial charge in [-0.1, -0.05) is 34.8 Å². The van der Waals surface area contributed by atoms with Gasteiger partial charge in [0.1, 0.15) is 0 Å². The van der Waals surface area contributed by atoms with Crippen LogP contribution in [0.5, 0.6) is 0 Å². The molecule has 2 aromatic rings. The van der Waals surface area contributed by atoms with Crippen molar-refractivity contribution in [2.75, 3.05) is 5.32 Å². The van der Waals surface area contributed by atoms with E-state index in [-0.39, 0.29) is 16.8 Å². The summed E-state index contributed by atoms with van der Waals surface area (Å²) in [4.78, 5) is 10.2. The smallest absolute Gasteiger partial charge is 0.271 e. The molecule has 0 aliphatic heterocycles. The minimum Gasteiger partial charge on any atom is -0.377 e. The van der Waals surface area contributed by atoms with Crippen LogP contribution in [0.3, 0.4) is 0 Å². The van der Waals surface area contributed by atoms with E-state index in [4.69, 9.17) is 34.8 Å². The quantitative estimate of drug-likeness (QED) is 0.569. The fraction of sp³-hybridized carbons (Fsp3) is 0.143. The molecule has 0 aromatic heterocycles. The second-order valence-electron chi connectivity index (χ2n) is 4.45. The second-order valence-corrected chi connectivity index (χ2v) is 5.70. The summed E-state index contributed by atoms with van der Waals surface area (Å²) < 4.78 is 0. The van der Waals surface area contributed by atoms with E-state index >= 15 is 0 Å². The number of halogens is 3. The van der Waals surface area contributed by atoms with Crippen molar-refractivity contribution >= 4 is 46.2 Å². The number of nitrogens with zero attached hydrogens (tertiary/aromatic N) is 1. The molecule has 0 bridgehead atoms. The van der Waals surface area contributed by atoms with Gasteiger partial charge in [-0.25, -0.2) is 0 Å².